The average Bonchev–Trinajstić information content (AvgIpc) is 3.35. The molecule has 166 valence electrons. The quantitative estimate of drug-likeness (QED) is 0.723. The molecule has 4 aliphatic rings. The van der Waals surface area contributed by atoms with Gasteiger partial charge in [-0.15, -0.1) is 11.3 Å². The van der Waals surface area contributed by atoms with Crippen LogP contribution >= 0.6 is 11.3 Å². The molecule has 1 aliphatic heterocycles. The van der Waals surface area contributed by atoms with E-state index in [9.17, 15) is 13.2 Å². The number of carbonyl (C=O) groups is 1. The van der Waals surface area contributed by atoms with Gasteiger partial charge in [-0.2, -0.15) is 0 Å². The Morgan fingerprint density at radius 2 is 1.90 bits per heavy atom. The highest BCUT2D eigenvalue weighted by molar-refractivity contribution is 7.91. The number of hydrogen-bond donors (Lipinski definition) is 2. The lowest BCUT2D eigenvalue weighted by molar-refractivity contribution is -0.136. The molecule has 2 N–H and O–H groups in total. The van der Waals surface area contributed by atoms with Gasteiger partial charge in [0.1, 0.15) is 4.21 Å². The normalized spacial score (nSPS) is 43.4. The number of hydrogen-bond acceptors (Lipinski definition) is 4. The Labute approximate surface area is 184 Å². The SMILES string of the molecule is C[C@]12CCC(=O)NC1CC[C@@H]1[C@H]2CC[C@]2(C)C(CNS(=O)(=O)c3cccs3)CC[C@@H]12. The van der Waals surface area contributed by atoms with E-state index in [1.807, 2.05) is 5.38 Å². The molecule has 1 saturated heterocycles. The van der Waals surface area contributed by atoms with Crippen LogP contribution in [0.25, 0.3) is 0 Å². The number of amides is 1. The van der Waals surface area contributed by atoms with Gasteiger partial charge in [0.05, 0.1) is 0 Å². The summed E-state index contributed by atoms with van der Waals surface area (Å²) < 4.78 is 28.6. The van der Waals surface area contributed by atoms with E-state index in [1.54, 1.807) is 12.1 Å². The van der Waals surface area contributed by atoms with Crippen LogP contribution in [0.2, 0.25) is 0 Å². The van der Waals surface area contributed by atoms with E-state index in [0.717, 1.165) is 25.2 Å². The monoisotopic (exact) mass is 450 g/mol. The van der Waals surface area contributed by atoms with E-state index < -0.39 is 10.0 Å². The average molecular weight is 451 g/mol. The summed E-state index contributed by atoms with van der Waals surface area (Å²) >= 11 is 1.28. The largest absolute Gasteiger partial charge is 0.353 e. The van der Waals surface area contributed by atoms with Crippen molar-refractivity contribution in [1.82, 2.24) is 10.0 Å². The molecule has 0 spiro atoms. The van der Waals surface area contributed by atoms with Crippen LogP contribution in [-0.4, -0.2) is 26.9 Å². The number of piperidine rings is 1. The number of fused-ring (bicyclic) bond motifs is 5. The maximum absolute atomic E-state index is 12.6. The first-order valence-electron chi connectivity index (χ1n) is 11.6. The molecule has 4 fully saturated rings. The number of rotatable bonds is 4. The van der Waals surface area contributed by atoms with E-state index in [2.05, 4.69) is 23.9 Å². The van der Waals surface area contributed by atoms with Crippen LogP contribution in [0.3, 0.4) is 0 Å². The van der Waals surface area contributed by atoms with Crippen molar-refractivity contribution < 1.29 is 13.2 Å². The Hall–Kier alpha value is -0.920. The van der Waals surface area contributed by atoms with Gasteiger partial charge in [0.25, 0.3) is 0 Å². The fourth-order valence-corrected chi connectivity index (χ4v) is 9.96. The Balaban J connectivity index is 1.31. The van der Waals surface area contributed by atoms with Gasteiger partial charge in [0, 0.05) is 19.0 Å². The molecule has 1 amide bonds. The molecular weight excluding hydrogens is 416 g/mol. The molecule has 7 heteroatoms. The van der Waals surface area contributed by atoms with Crippen LogP contribution < -0.4 is 10.0 Å². The van der Waals surface area contributed by atoms with E-state index in [1.165, 1.54) is 37.0 Å². The summed E-state index contributed by atoms with van der Waals surface area (Å²) in [6.07, 6.45) is 8.74. The fourth-order valence-electron chi connectivity index (χ4n) is 7.84. The highest BCUT2D eigenvalue weighted by Crippen LogP contribution is 2.65. The molecular formula is C23H34N2O3S2. The summed E-state index contributed by atoms with van der Waals surface area (Å²) in [7, 11) is -3.39. The van der Waals surface area contributed by atoms with Gasteiger partial charge in [0.2, 0.25) is 15.9 Å². The third kappa shape index (κ3) is 3.18. The van der Waals surface area contributed by atoms with E-state index >= 15 is 0 Å². The number of thiophene rings is 1. The molecule has 2 unspecified atom stereocenters. The Bertz CT molecular complexity index is 915. The molecule has 5 rings (SSSR count). The number of sulfonamides is 1. The van der Waals surface area contributed by atoms with Gasteiger partial charge < -0.3 is 5.32 Å². The fraction of sp³-hybridized carbons (Fsp3) is 0.783. The van der Waals surface area contributed by atoms with E-state index in [0.29, 0.717) is 41.0 Å². The summed E-state index contributed by atoms with van der Waals surface area (Å²) in [6.45, 7) is 5.42. The first-order valence-corrected chi connectivity index (χ1v) is 13.9. The summed E-state index contributed by atoms with van der Waals surface area (Å²) in [5.41, 5.74) is 0.456. The van der Waals surface area contributed by atoms with Crippen molar-refractivity contribution in [2.75, 3.05) is 6.54 Å². The molecule has 3 aliphatic carbocycles. The maximum atomic E-state index is 12.6. The lowest BCUT2D eigenvalue weighted by Gasteiger charge is -2.60. The predicted octanol–water partition coefficient (Wildman–Crippen LogP) is 4.16. The molecule has 0 aromatic carbocycles. The summed E-state index contributed by atoms with van der Waals surface area (Å²) in [4.78, 5) is 12.0. The lowest BCUT2D eigenvalue weighted by Crippen LogP contribution is -2.61. The van der Waals surface area contributed by atoms with Gasteiger partial charge in [0.15, 0.2) is 0 Å². The topological polar surface area (TPSA) is 75.3 Å². The van der Waals surface area contributed by atoms with Crippen LogP contribution in [0.1, 0.15) is 65.2 Å². The van der Waals surface area contributed by atoms with Gasteiger partial charge in [-0.3, -0.25) is 4.79 Å². The lowest BCUT2D eigenvalue weighted by atomic mass is 9.47. The zero-order valence-corrected chi connectivity index (χ0v) is 19.7. The minimum absolute atomic E-state index is 0.222. The molecule has 0 radical (unpaired) electrons. The van der Waals surface area contributed by atoms with Gasteiger partial charge in [-0.25, -0.2) is 13.1 Å². The molecule has 5 nitrogen and oxygen atoms in total. The van der Waals surface area contributed by atoms with Gasteiger partial charge in [-0.1, -0.05) is 19.9 Å². The van der Waals surface area contributed by atoms with Crippen LogP contribution in [0, 0.1) is 34.5 Å². The van der Waals surface area contributed by atoms with Gasteiger partial charge in [-0.05, 0) is 90.9 Å². The van der Waals surface area contributed by atoms with Crippen molar-refractivity contribution in [3.05, 3.63) is 17.5 Å². The highest BCUT2D eigenvalue weighted by Gasteiger charge is 2.60. The predicted molar refractivity (Wildman–Crippen MR) is 119 cm³/mol. The minimum Gasteiger partial charge on any atom is -0.353 e. The molecule has 3 saturated carbocycles. The highest BCUT2D eigenvalue weighted by atomic mass is 32.2. The summed E-state index contributed by atoms with van der Waals surface area (Å²) in [6, 6.07) is 3.82. The molecule has 7 atom stereocenters. The van der Waals surface area contributed by atoms with Crippen molar-refractivity contribution in [2.24, 2.45) is 34.5 Å². The Morgan fingerprint density at radius 1 is 1.10 bits per heavy atom. The molecule has 2 heterocycles. The minimum atomic E-state index is -3.39. The van der Waals surface area contributed by atoms with Crippen LogP contribution in [0.5, 0.6) is 0 Å². The van der Waals surface area contributed by atoms with Crippen LogP contribution in [0.15, 0.2) is 21.7 Å². The van der Waals surface area contributed by atoms with Crippen molar-refractivity contribution in [1.29, 1.82) is 0 Å². The zero-order valence-electron chi connectivity index (χ0n) is 18.0. The van der Waals surface area contributed by atoms with E-state index in [-0.39, 0.29) is 16.7 Å². The molecule has 1 aromatic heterocycles. The third-order valence-corrected chi connectivity index (χ3v) is 12.4. The number of nitrogens with one attached hydrogen (secondary N) is 2. The second-order valence-corrected chi connectivity index (χ2v) is 13.6. The third-order valence-electron chi connectivity index (χ3n) is 9.57. The zero-order chi connectivity index (χ0) is 21.1. The van der Waals surface area contributed by atoms with Crippen molar-refractivity contribution in [2.45, 2.75) is 75.5 Å². The Morgan fingerprint density at radius 3 is 2.67 bits per heavy atom. The second kappa shape index (κ2) is 7.31. The van der Waals surface area contributed by atoms with Gasteiger partial charge >= 0.3 is 0 Å². The first-order chi connectivity index (χ1) is 14.2. The van der Waals surface area contributed by atoms with Crippen LogP contribution in [-0.2, 0) is 14.8 Å². The van der Waals surface area contributed by atoms with Crippen molar-refractivity contribution in [3.8, 4) is 0 Å². The summed E-state index contributed by atoms with van der Waals surface area (Å²) in [5.74, 6) is 2.74. The second-order valence-electron chi connectivity index (χ2n) is 10.7. The Kier molecular flexibility index (Phi) is 5.10. The van der Waals surface area contributed by atoms with Crippen LogP contribution in [0.4, 0.5) is 0 Å². The first kappa shape index (κ1) is 21.0. The van der Waals surface area contributed by atoms with Crippen molar-refractivity contribution in [3.63, 3.8) is 0 Å². The molecule has 30 heavy (non-hydrogen) atoms. The summed E-state index contributed by atoms with van der Waals surface area (Å²) in [5, 5.41) is 5.12. The maximum Gasteiger partial charge on any atom is 0.250 e. The van der Waals surface area contributed by atoms with Crippen molar-refractivity contribution >= 4 is 27.3 Å². The smallest absolute Gasteiger partial charge is 0.250 e. The molecule has 1 aromatic rings. The number of carbonyl (C=O) groups excluding carboxylic acids is 1. The molecule has 0 bridgehead atoms. The van der Waals surface area contributed by atoms with E-state index in [4.69, 9.17) is 0 Å². The standard InChI is InChI=1S/C23H34N2O3S2/c1-22-11-9-18-16(6-8-19-23(18,2)12-10-20(26)25-19)17(22)7-5-15(22)14-24-30(27,28)21-4-3-13-29-21/h3-4,13,15-19,24H,5-12,14H2,1-2H3,(H,25,26)/t15?,16-,17-,18+,19?,22+,23+/m0/s1.